The van der Waals surface area contributed by atoms with Crippen molar-refractivity contribution in [3.63, 3.8) is 0 Å². The fourth-order valence-corrected chi connectivity index (χ4v) is 2.17. The van der Waals surface area contributed by atoms with Gasteiger partial charge in [0.2, 0.25) is 0 Å². The third-order valence-corrected chi connectivity index (χ3v) is 3.53. The van der Waals surface area contributed by atoms with Gasteiger partial charge in [-0.15, -0.1) is 0 Å². The van der Waals surface area contributed by atoms with Gasteiger partial charge in [-0.1, -0.05) is 12.1 Å². The molecule has 0 radical (unpaired) electrons. The van der Waals surface area contributed by atoms with Crippen LogP contribution in [0.4, 0.5) is 5.69 Å². The molecule has 0 unspecified atom stereocenters. The van der Waals surface area contributed by atoms with Crippen LogP contribution in [0.5, 0.6) is 5.75 Å². The molecule has 1 aromatic heterocycles. The number of halogens is 1. The number of carboxylic acids is 1. The first-order chi connectivity index (χ1) is 10.0. The Morgan fingerprint density at radius 2 is 2.14 bits per heavy atom. The topological polar surface area (TPSA) is 103 Å². The Bertz CT molecular complexity index is 705. The Morgan fingerprint density at radius 3 is 2.81 bits per heavy atom. The second-order valence-corrected chi connectivity index (χ2v) is 4.74. The molecule has 1 N–H and O–H groups in total. The minimum Gasteiger partial charge on any atom is -0.486 e. The van der Waals surface area contributed by atoms with Crippen molar-refractivity contribution in [2.75, 3.05) is 0 Å². The van der Waals surface area contributed by atoms with Gasteiger partial charge in [0.25, 0.3) is 5.69 Å². The minimum absolute atomic E-state index is 0.0196. The number of pyridine rings is 1. The lowest BCUT2D eigenvalue weighted by molar-refractivity contribution is -0.385. The summed E-state index contributed by atoms with van der Waals surface area (Å²) in [7, 11) is 0. The smallest absolute Gasteiger partial charge is 0.358 e. The monoisotopic (exact) mass is 352 g/mol. The van der Waals surface area contributed by atoms with E-state index < -0.39 is 10.9 Å². The van der Waals surface area contributed by atoms with Gasteiger partial charge in [0.15, 0.2) is 11.4 Å². The number of hydrogen-bond donors (Lipinski definition) is 1. The van der Waals surface area contributed by atoms with Crippen LogP contribution in [0.25, 0.3) is 0 Å². The van der Waals surface area contributed by atoms with Crippen molar-refractivity contribution < 1.29 is 19.6 Å². The van der Waals surface area contributed by atoms with Crippen LogP contribution in [0.15, 0.2) is 41.0 Å². The molecule has 0 fully saturated rings. The normalized spacial score (nSPS) is 10.1. The average molecular weight is 353 g/mol. The van der Waals surface area contributed by atoms with Gasteiger partial charge in [0.05, 0.1) is 4.92 Å². The Hall–Kier alpha value is -2.48. The average Bonchev–Trinajstić information content (AvgIpc) is 2.46. The third-order valence-electron chi connectivity index (χ3n) is 2.61. The molecule has 2 rings (SSSR count). The first-order valence-corrected chi connectivity index (χ1v) is 6.53. The molecule has 2 aromatic rings. The van der Waals surface area contributed by atoms with Crippen molar-refractivity contribution in [3.8, 4) is 5.75 Å². The molecular weight excluding hydrogens is 344 g/mol. The van der Waals surface area contributed by atoms with Gasteiger partial charge in [-0.2, -0.15) is 0 Å². The fourth-order valence-electron chi connectivity index (χ4n) is 1.64. The number of nitro benzene ring substituents is 1. The summed E-state index contributed by atoms with van der Waals surface area (Å²) in [6, 6.07) is 7.56. The highest BCUT2D eigenvalue weighted by molar-refractivity contribution is 9.10. The first kappa shape index (κ1) is 14.9. The second kappa shape index (κ2) is 6.31. The van der Waals surface area contributed by atoms with Gasteiger partial charge in [-0.05, 0) is 28.1 Å². The number of rotatable bonds is 5. The number of hydrogen-bond acceptors (Lipinski definition) is 5. The third kappa shape index (κ3) is 3.34. The Labute approximate surface area is 127 Å². The summed E-state index contributed by atoms with van der Waals surface area (Å²) in [5.41, 5.74) is 0.240. The van der Waals surface area contributed by atoms with Crippen molar-refractivity contribution in [2.45, 2.75) is 6.61 Å². The fraction of sp³-hybridized carbons (Fsp3) is 0.0769. The summed E-state index contributed by atoms with van der Waals surface area (Å²) in [5.74, 6) is -1.10. The Kier molecular flexibility index (Phi) is 4.49. The maximum atomic E-state index is 11.0. The van der Waals surface area contributed by atoms with E-state index in [1.807, 2.05) is 0 Å². The Balaban J connectivity index is 2.23. The number of aromatic carboxylic acids is 1. The van der Waals surface area contributed by atoms with Crippen LogP contribution >= 0.6 is 15.9 Å². The van der Waals surface area contributed by atoms with Crippen LogP contribution < -0.4 is 4.74 Å². The molecule has 0 aliphatic heterocycles. The van der Waals surface area contributed by atoms with Crippen LogP contribution in [-0.4, -0.2) is 21.0 Å². The molecule has 7 nitrogen and oxygen atoms in total. The van der Waals surface area contributed by atoms with Crippen LogP contribution in [-0.2, 0) is 6.61 Å². The van der Waals surface area contributed by atoms with Crippen LogP contribution in [0, 0.1) is 10.1 Å². The van der Waals surface area contributed by atoms with Crippen molar-refractivity contribution in [3.05, 3.63) is 62.4 Å². The molecule has 0 saturated carbocycles. The maximum absolute atomic E-state index is 11.0. The molecule has 108 valence electrons. The standard InChI is InChI=1S/C13H9BrN2O5/c14-11-8(3-1-4-9(11)16(19)20)7-21-10-5-2-6-15-12(10)13(17)18/h1-6H,7H2,(H,17,18). The zero-order valence-electron chi connectivity index (χ0n) is 10.5. The first-order valence-electron chi connectivity index (χ1n) is 5.73. The molecule has 0 saturated heterocycles. The number of ether oxygens (including phenoxy) is 1. The molecular formula is C13H9BrN2O5. The summed E-state index contributed by atoms with van der Waals surface area (Å²) in [5, 5.41) is 19.8. The highest BCUT2D eigenvalue weighted by Crippen LogP contribution is 2.29. The van der Waals surface area contributed by atoms with E-state index in [2.05, 4.69) is 20.9 Å². The number of nitro groups is 1. The number of aromatic nitrogens is 1. The lowest BCUT2D eigenvalue weighted by atomic mass is 10.2. The number of carboxylic acid groups (broad SMARTS) is 1. The summed E-state index contributed by atoms with van der Waals surface area (Å²) >= 11 is 3.15. The molecule has 8 heteroatoms. The van der Waals surface area contributed by atoms with Crippen molar-refractivity contribution in [1.29, 1.82) is 0 Å². The SMILES string of the molecule is O=C(O)c1ncccc1OCc1cccc([N+](=O)[O-])c1Br. The molecule has 0 amide bonds. The maximum Gasteiger partial charge on any atom is 0.358 e. The largest absolute Gasteiger partial charge is 0.486 e. The van der Waals surface area contributed by atoms with Gasteiger partial charge in [-0.25, -0.2) is 9.78 Å². The van der Waals surface area contributed by atoms with Gasteiger partial charge >= 0.3 is 5.97 Å². The highest BCUT2D eigenvalue weighted by atomic mass is 79.9. The van der Waals surface area contributed by atoms with Crippen LogP contribution in [0.3, 0.4) is 0 Å². The molecule has 21 heavy (non-hydrogen) atoms. The lowest BCUT2D eigenvalue weighted by Gasteiger charge is -2.09. The molecule has 1 heterocycles. The summed E-state index contributed by atoms with van der Waals surface area (Å²) in [6.45, 7) is -0.0196. The van der Waals surface area contributed by atoms with Gasteiger partial charge in [0.1, 0.15) is 11.1 Å². The predicted octanol–water partition coefficient (Wildman–Crippen LogP) is 3.03. The van der Waals surface area contributed by atoms with Crippen molar-refractivity contribution in [2.24, 2.45) is 0 Å². The number of carbonyl (C=O) groups is 1. The summed E-state index contributed by atoms with van der Waals surface area (Å²) in [6.07, 6.45) is 1.35. The second-order valence-electron chi connectivity index (χ2n) is 3.95. The van der Waals surface area contributed by atoms with Crippen LogP contribution in [0.2, 0.25) is 0 Å². The minimum atomic E-state index is -1.20. The zero-order chi connectivity index (χ0) is 15.4. The number of benzene rings is 1. The molecule has 1 aromatic carbocycles. The molecule has 0 aliphatic carbocycles. The van der Waals surface area contributed by atoms with E-state index >= 15 is 0 Å². The predicted molar refractivity (Wildman–Crippen MR) is 76.3 cm³/mol. The molecule has 0 atom stereocenters. The molecule has 0 bridgehead atoms. The van der Waals surface area contributed by atoms with E-state index in [0.717, 1.165) is 0 Å². The lowest BCUT2D eigenvalue weighted by Crippen LogP contribution is -2.06. The van der Waals surface area contributed by atoms with Gasteiger partial charge in [-0.3, -0.25) is 10.1 Å². The summed E-state index contributed by atoms with van der Waals surface area (Å²) < 4.78 is 5.71. The summed E-state index contributed by atoms with van der Waals surface area (Å²) in [4.78, 5) is 25.0. The number of nitrogens with zero attached hydrogens (tertiary/aromatic N) is 2. The molecule has 0 spiro atoms. The van der Waals surface area contributed by atoms with E-state index in [4.69, 9.17) is 9.84 Å². The molecule has 0 aliphatic rings. The van der Waals surface area contributed by atoms with E-state index in [-0.39, 0.29) is 23.7 Å². The van der Waals surface area contributed by atoms with Gasteiger partial charge in [0, 0.05) is 17.8 Å². The quantitative estimate of drug-likeness (QED) is 0.655. The van der Waals surface area contributed by atoms with E-state index in [9.17, 15) is 14.9 Å². The zero-order valence-corrected chi connectivity index (χ0v) is 12.1. The Morgan fingerprint density at radius 1 is 1.38 bits per heavy atom. The van der Waals surface area contributed by atoms with E-state index in [0.29, 0.717) is 10.0 Å². The van der Waals surface area contributed by atoms with E-state index in [1.54, 1.807) is 12.1 Å². The highest BCUT2D eigenvalue weighted by Gasteiger charge is 2.17. The van der Waals surface area contributed by atoms with Crippen molar-refractivity contribution >= 4 is 27.6 Å². The van der Waals surface area contributed by atoms with E-state index in [1.165, 1.54) is 24.4 Å². The van der Waals surface area contributed by atoms with Gasteiger partial charge < -0.3 is 9.84 Å². The van der Waals surface area contributed by atoms with Crippen LogP contribution in [0.1, 0.15) is 16.1 Å². The van der Waals surface area contributed by atoms with Crippen molar-refractivity contribution in [1.82, 2.24) is 4.98 Å².